The number of nitrogens with one attached hydrogen (secondary N) is 1. The predicted molar refractivity (Wildman–Crippen MR) is 108 cm³/mol. The summed E-state index contributed by atoms with van der Waals surface area (Å²) < 4.78 is 32.3. The van der Waals surface area contributed by atoms with Gasteiger partial charge in [-0.05, 0) is 50.1 Å². The van der Waals surface area contributed by atoms with Crippen molar-refractivity contribution >= 4 is 15.9 Å². The van der Waals surface area contributed by atoms with Gasteiger partial charge in [0.15, 0.2) is 0 Å². The van der Waals surface area contributed by atoms with E-state index in [2.05, 4.69) is 10.2 Å². The maximum atomic E-state index is 12.8. The fourth-order valence-electron chi connectivity index (χ4n) is 3.69. The first-order valence-electron chi connectivity index (χ1n) is 10.1. The van der Waals surface area contributed by atoms with Crippen LogP contribution in [0.2, 0.25) is 0 Å². The van der Waals surface area contributed by atoms with Gasteiger partial charge >= 0.3 is 0 Å². The highest BCUT2D eigenvalue weighted by atomic mass is 32.2. The number of sulfonamides is 1. The summed E-state index contributed by atoms with van der Waals surface area (Å²) in [6, 6.07) is 7.91. The molecule has 0 radical (unpaired) electrons. The van der Waals surface area contributed by atoms with E-state index in [4.69, 9.17) is 10.00 Å². The van der Waals surface area contributed by atoms with Gasteiger partial charge in [0.2, 0.25) is 15.9 Å². The Kier molecular flexibility index (Phi) is 7.61. The van der Waals surface area contributed by atoms with Crippen LogP contribution in [0.1, 0.15) is 24.8 Å². The van der Waals surface area contributed by atoms with Crippen LogP contribution in [0, 0.1) is 17.2 Å². The van der Waals surface area contributed by atoms with E-state index in [-0.39, 0.29) is 16.7 Å². The van der Waals surface area contributed by atoms with Crippen LogP contribution < -0.4 is 5.32 Å². The summed E-state index contributed by atoms with van der Waals surface area (Å²) in [6.45, 7) is 5.68. The SMILES string of the molecule is N#Cc1ccc(S(=O)(=O)N2CCC(C(=O)NCCCN3CCOCC3)CC2)cc1. The van der Waals surface area contributed by atoms with Crippen molar-refractivity contribution in [2.75, 3.05) is 52.5 Å². The fourth-order valence-corrected chi connectivity index (χ4v) is 5.16. The van der Waals surface area contributed by atoms with Crippen LogP contribution in [-0.4, -0.2) is 76.0 Å². The molecule has 9 heteroatoms. The molecule has 0 atom stereocenters. The third kappa shape index (κ3) is 5.76. The number of morpholine rings is 1. The minimum absolute atomic E-state index is 0.0161. The molecule has 0 unspecified atom stereocenters. The number of carbonyl (C=O) groups is 1. The van der Waals surface area contributed by atoms with Crippen molar-refractivity contribution in [3.05, 3.63) is 29.8 Å². The zero-order chi connectivity index (χ0) is 20.7. The van der Waals surface area contributed by atoms with Crippen LogP contribution in [0.25, 0.3) is 0 Å². The van der Waals surface area contributed by atoms with Gasteiger partial charge < -0.3 is 10.1 Å². The number of piperidine rings is 1. The smallest absolute Gasteiger partial charge is 0.243 e. The number of carbonyl (C=O) groups excluding carboxylic acids is 1. The van der Waals surface area contributed by atoms with Crippen LogP contribution in [0.4, 0.5) is 0 Å². The average molecular weight is 421 g/mol. The second kappa shape index (κ2) is 10.2. The Morgan fingerprint density at radius 2 is 1.79 bits per heavy atom. The topological polar surface area (TPSA) is 103 Å². The first-order chi connectivity index (χ1) is 14.0. The van der Waals surface area contributed by atoms with E-state index in [0.29, 0.717) is 38.0 Å². The average Bonchev–Trinajstić information content (AvgIpc) is 2.77. The molecule has 29 heavy (non-hydrogen) atoms. The quantitative estimate of drug-likeness (QED) is 0.655. The molecule has 1 amide bonds. The van der Waals surface area contributed by atoms with Crippen LogP contribution in [0.3, 0.4) is 0 Å². The Morgan fingerprint density at radius 1 is 1.14 bits per heavy atom. The molecule has 0 aliphatic carbocycles. The van der Waals surface area contributed by atoms with Crippen LogP contribution in [-0.2, 0) is 19.6 Å². The summed E-state index contributed by atoms with van der Waals surface area (Å²) in [5.74, 6) is -0.131. The first kappa shape index (κ1) is 21.7. The van der Waals surface area contributed by atoms with Gasteiger partial charge in [0.25, 0.3) is 0 Å². The van der Waals surface area contributed by atoms with Gasteiger partial charge in [-0.2, -0.15) is 9.57 Å². The van der Waals surface area contributed by atoms with Crippen molar-refractivity contribution in [3.63, 3.8) is 0 Å². The van der Waals surface area contributed by atoms with Gasteiger partial charge in [0.05, 0.1) is 29.7 Å². The second-order valence-electron chi connectivity index (χ2n) is 7.41. The van der Waals surface area contributed by atoms with E-state index in [1.54, 1.807) is 0 Å². The Bertz CT molecular complexity index is 821. The molecule has 1 aromatic rings. The summed E-state index contributed by atoms with van der Waals surface area (Å²) in [5.41, 5.74) is 0.424. The van der Waals surface area contributed by atoms with E-state index < -0.39 is 10.0 Å². The lowest BCUT2D eigenvalue weighted by atomic mass is 9.97. The molecule has 0 saturated carbocycles. The zero-order valence-electron chi connectivity index (χ0n) is 16.5. The molecular formula is C20H28N4O4S. The van der Waals surface area contributed by atoms with Crippen molar-refractivity contribution in [2.24, 2.45) is 5.92 Å². The fraction of sp³-hybridized carbons (Fsp3) is 0.600. The molecule has 2 aliphatic heterocycles. The Hall–Kier alpha value is -1.99. The summed E-state index contributed by atoms with van der Waals surface area (Å²) in [5, 5.41) is 11.8. The Morgan fingerprint density at radius 3 is 2.41 bits per heavy atom. The van der Waals surface area contributed by atoms with E-state index >= 15 is 0 Å². The maximum Gasteiger partial charge on any atom is 0.243 e. The molecule has 1 aromatic carbocycles. The van der Waals surface area contributed by atoms with Gasteiger partial charge in [-0.25, -0.2) is 8.42 Å². The molecule has 2 heterocycles. The van der Waals surface area contributed by atoms with E-state index in [9.17, 15) is 13.2 Å². The lowest BCUT2D eigenvalue weighted by Crippen LogP contribution is -2.43. The summed E-state index contributed by atoms with van der Waals surface area (Å²) in [6.07, 6.45) is 1.94. The molecule has 0 aromatic heterocycles. The monoisotopic (exact) mass is 420 g/mol. The number of amides is 1. The molecule has 0 spiro atoms. The maximum absolute atomic E-state index is 12.8. The largest absolute Gasteiger partial charge is 0.379 e. The van der Waals surface area contributed by atoms with E-state index in [1.165, 1.54) is 28.6 Å². The summed E-state index contributed by atoms with van der Waals surface area (Å²) >= 11 is 0. The molecule has 158 valence electrons. The minimum Gasteiger partial charge on any atom is -0.379 e. The van der Waals surface area contributed by atoms with Crippen molar-refractivity contribution < 1.29 is 17.9 Å². The van der Waals surface area contributed by atoms with Crippen molar-refractivity contribution in [1.29, 1.82) is 5.26 Å². The van der Waals surface area contributed by atoms with Gasteiger partial charge in [-0.3, -0.25) is 9.69 Å². The molecule has 2 fully saturated rings. The van der Waals surface area contributed by atoms with E-state index in [0.717, 1.165) is 39.3 Å². The standard InChI is InChI=1S/C20H28N4O4S/c21-16-17-2-4-19(5-3-17)29(26,27)24-10-6-18(7-11-24)20(25)22-8-1-9-23-12-14-28-15-13-23/h2-5,18H,1,6-15H2,(H,22,25). The van der Waals surface area contributed by atoms with Gasteiger partial charge in [-0.1, -0.05) is 0 Å². The second-order valence-corrected chi connectivity index (χ2v) is 9.35. The molecular weight excluding hydrogens is 392 g/mol. The van der Waals surface area contributed by atoms with Gasteiger partial charge in [0.1, 0.15) is 0 Å². The van der Waals surface area contributed by atoms with Crippen molar-refractivity contribution in [2.45, 2.75) is 24.2 Å². The number of nitrogens with zero attached hydrogens (tertiary/aromatic N) is 3. The number of hydrogen-bond acceptors (Lipinski definition) is 6. The third-order valence-electron chi connectivity index (χ3n) is 5.50. The molecule has 1 N–H and O–H groups in total. The van der Waals surface area contributed by atoms with Crippen LogP contribution in [0.15, 0.2) is 29.2 Å². The number of hydrogen-bond donors (Lipinski definition) is 1. The molecule has 2 aliphatic rings. The highest BCUT2D eigenvalue weighted by molar-refractivity contribution is 7.89. The number of nitriles is 1. The minimum atomic E-state index is -3.59. The molecule has 0 bridgehead atoms. The Balaban J connectivity index is 1.41. The zero-order valence-corrected chi connectivity index (χ0v) is 17.4. The number of rotatable bonds is 7. The lowest BCUT2D eigenvalue weighted by Gasteiger charge is -2.30. The predicted octanol–water partition coefficient (Wildman–Crippen LogP) is 0.797. The summed E-state index contributed by atoms with van der Waals surface area (Å²) in [4.78, 5) is 14.9. The van der Waals surface area contributed by atoms with Gasteiger partial charge in [0, 0.05) is 38.6 Å². The molecule has 8 nitrogen and oxygen atoms in total. The number of ether oxygens (including phenoxy) is 1. The van der Waals surface area contributed by atoms with Crippen LogP contribution in [0.5, 0.6) is 0 Å². The Labute approximate surface area is 172 Å². The molecule has 2 saturated heterocycles. The van der Waals surface area contributed by atoms with E-state index in [1.807, 2.05) is 6.07 Å². The highest BCUT2D eigenvalue weighted by Gasteiger charge is 2.32. The molecule has 3 rings (SSSR count). The normalized spacial score (nSPS) is 19.6. The van der Waals surface area contributed by atoms with Gasteiger partial charge in [-0.15, -0.1) is 0 Å². The lowest BCUT2D eigenvalue weighted by molar-refractivity contribution is -0.126. The number of benzene rings is 1. The first-order valence-corrected chi connectivity index (χ1v) is 11.5. The van der Waals surface area contributed by atoms with Crippen molar-refractivity contribution in [3.8, 4) is 6.07 Å². The third-order valence-corrected chi connectivity index (χ3v) is 7.41. The summed E-state index contributed by atoms with van der Waals surface area (Å²) in [7, 11) is -3.59. The highest BCUT2D eigenvalue weighted by Crippen LogP contribution is 2.24. The van der Waals surface area contributed by atoms with Crippen molar-refractivity contribution in [1.82, 2.24) is 14.5 Å². The van der Waals surface area contributed by atoms with Crippen LogP contribution >= 0.6 is 0 Å².